The van der Waals surface area contributed by atoms with Gasteiger partial charge in [0.2, 0.25) is 0 Å². The van der Waals surface area contributed by atoms with Gasteiger partial charge >= 0.3 is 5.97 Å². The standard InChI is InChI=1S/C21H21N7O5S3/c1-9-23-11-6-27(4-3-13(11)36-9)5-10-7-34-19-15(18(30)28(19)16(10)20(31)32)25-17(29)14(26-33-2)12-8-35-21(22)24-12/h3-4,8,15,19H,5-7H2,1-2H3,(H2,22,24)(H,25,29)(H,31,32)/b26-14-/t15?,19-/m1/s1. The van der Waals surface area contributed by atoms with Gasteiger partial charge in [0.1, 0.15) is 29.9 Å². The van der Waals surface area contributed by atoms with E-state index in [4.69, 9.17) is 10.6 Å². The Morgan fingerprint density at radius 2 is 2.19 bits per heavy atom. The number of amides is 2. The number of aromatic nitrogens is 2. The van der Waals surface area contributed by atoms with Gasteiger partial charge in [-0.25, -0.2) is 14.8 Å². The SMILES string of the molecule is CO/N=C(\C(=O)NC1C(=O)N2C(C(=O)O)=C(CN3C=Cc4sc(C)nc4C3)CS[C@H]12)c1csc(N)n1. The topological polar surface area (TPSA) is 163 Å². The summed E-state index contributed by atoms with van der Waals surface area (Å²) in [5.41, 5.74) is 7.29. The van der Waals surface area contributed by atoms with Crippen LogP contribution in [0.4, 0.5) is 5.13 Å². The zero-order chi connectivity index (χ0) is 25.6. The summed E-state index contributed by atoms with van der Waals surface area (Å²) >= 11 is 4.15. The van der Waals surface area contributed by atoms with Gasteiger partial charge in [-0.1, -0.05) is 5.16 Å². The molecule has 0 saturated carbocycles. The second-order valence-electron chi connectivity index (χ2n) is 8.08. The van der Waals surface area contributed by atoms with Crippen LogP contribution in [0.3, 0.4) is 0 Å². The molecular formula is C21H21N7O5S3. The number of nitrogens with two attached hydrogens (primary N) is 1. The predicted molar refractivity (Wildman–Crippen MR) is 136 cm³/mol. The monoisotopic (exact) mass is 547 g/mol. The summed E-state index contributed by atoms with van der Waals surface area (Å²) in [6, 6.07) is -0.910. The maximum absolute atomic E-state index is 13.0. The number of hydrogen-bond donors (Lipinski definition) is 3. The summed E-state index contributed by atoms with van der Waals surface area (Å²) in [6.07, 6.45) is 3.89. The maximum Gasteiger partial charge on any atom is 0.352 e. The van der Waals surface area contributed by atoms with E-state index in [1.54, 1.807) is 16.7 Å². The van der Waals surface area contributed by atoms with Crippen LogP contribution in [-0.2, 0) is 25.8 Å². The third-order valence-corrected chi connectivity index (χ3v) is 8.71. The molecule has 3 aliphatic heterocycles. The minimum Gasteiger partial charge on any atom is -0.477 e. The number of β-lactam (4-membered cyclic amide) rings is 1. The lowest BCUT2D eigenvalue weighted by molar-refractivity contribution is -0.150. The minimum absolute atomic E-state index is 0.0408. The number of nitrogen functional groups attached to an aromatic ring is 1. The molecule has 2 aromatic rings. The molecule has 3 aliphatic rings. The van der Waals surface area contributed by atoms with Crippen molar-refractivity contribution in [3.05, 3.63) is 44.1 Å². The van der Waals surface area contributed by atoms with Crippen molar-refractivity contribution in [1.29, 1.82) is 0 Å². The second kappa shape index (κ2) is 9.55. The zero-order valence-corrected chi connectivity index (χ0v) is 21.6. The van der Waals surface area contributed by atoms with E-state index in [1.165, 1.54) is 23.8 Å². The van der Waals surface area contributed by atoms with Crippen LogP contribution in [0.5, 0.6) is 0 Å². The third-order valence-electron chi connectivity index (χ3n) is 5.72. The summed E-state index contributed by atoms with van der Waals surface area (Å²) in [4.78, 5) is 55.8. The lowest BCUT2D eigenvalue weighted by Crippen LogP contribution is -2.71. The van der Waals surface area contributed by atoms with Crippen LogP contribution in [0.2, 0.25) is 0 Å². The summed E-state index contributed by atoms with van der Waals surface area (Å²) in [5, 5.41) is 18.6. The molecule has 5 rings (SSSR count). The minimum atomic E-state index is -1.18. The first-order valence-electron chi connectivity index (χ1n) is 10.7. The molecule has 1 fully saturated rings. The molecule has 188 valence electrons. The number of carbonyl (C=O) groups is 3. The number of oxime groups is 1. The number of nitrogens with one attached hydrogen (secondary N) is 1. The Balaban J connectivity index is 1.31. The van der Waals surface area contributed by atoms with Gasteiger partial charge in [-0.2, -0.15) is 0 Å². The molecule has 0 radical (unpaired) electrons. The number of fused-ring (bicyclic) bond motifs is 2. The number of carboxylic acid groups (broad SMARTS) is 1. The number of thiazole rings is 2. The third kappa shape index (κ3) is 4.33. The van der Waals surface area contributed by atoms with Crippen LogP contribution in [0.15, 0.2) is 28.0 Å². The Labute approximate surface area is 217 Å². The van der Waals surface area contributed by atoms with Gasteiger partial charge in [-0.15, -0.1) is 34.4 Å². The van der Waals surface area contributed by atoms with Crippen molar-refractivity contribution in [1.82, 2.24) is 25.1 Å². The first kappa shape index (κ1) is 24.3. The van der Waals surface area contributed by atoms with Crippen LogP contribution in [0, 0.1) is 6.92 Å². The number of carbonyl (C=O) groups excluding carboxylic acids is 2. The molecular weight excluding hydrogens is 526 g/mol. The van der Waals surface area contributed by atoms with Crippen molar-refractivity contribution in [3.63, 3.8) is 0 Å². The molecule has 15 heteroatoms. The highest BCUT2D eigenvalue weighted by molar-refractivity contribution is 8.00. The summed E-state index contributed by atoms with van der Waals surface area (Å²) in [7, 11) is 1.29. The van der Waals surface area contributed by atoms with Crippen molar-refractivity contribution in [3.8, 4) is 0 Å². The molecule has 4 N–H and O–H groups in total. The van der Waals surface area contributed by atoms with E-state index >= 15 is 0 Å². The summed E-state index contributed by atoms with van der Waals surface area (Å²) in [5.74, 6) is -1.95. The number of thioether (sulfide) groups is 1. The molecule has 0 aromatic carbocycles. The zero-order valence-electron chi connectivity index (χ0n) is 19.1. The molecule has 2 amide bonds. The highest BCUT2D eigenvalue weighted by atomic mass is 32.2. The van der Waals surface area contributed by atoms with E-state index in [1.807, 2.05) is 24.1 Å². The van der Waals surface area contributed by atoms with Crippen LogP contribution in [0.25, 0.3) is 6.08 Å². The Morgan fingerprint density at radius 3 is 2.89 bits per heavy atom. The van der Waals surface area contributed by atoms with E-state index < -0.39 is 29.2 Å². The van der Waals surface area contributed by atoms with Crippen LogP contribution < -0.4 is 11.1 Å². The van der Waals surface area contributed by atoms with Gasteiger partial charge in [0, 0.05) is 23.9 Å². The quantitative estimate of drug-likeness (QED) is 0.259. The Kier molecular flexibility index (Phi) is 6.44. The maximum atomic E-state index is 13.0. The van der Waals surface area contributed by atoms with E-state index in [0.717, 1.165) is 26.9 Å². The van der Waals surface area contributed by atoms with Crippen LogP contribution >= 0.6 is 34.4 Å². The lowest BCUT2D eigenvalue weighted by atomic mass is 10.0. The normalized spacial score (nSPS) is 21.2. The molecule has 0 bridgehead atoms. The highest BCUT2D eigenvalue weighted by Crippen LogP contribution is 2.41. The summed E-state index contributed by atoms with van der Waals surface area (Å²) < 4.78 is 0. The summed E-state index contributed by atoms with van der Waals surface area (Å²) in [6.45, 7) is 2.87. The largest absolute Gasteiger partial charge is 0.477 e. The van der Waals surface area contributed by atoms with Crippen LogP contribution in [-0.4, -0.2) is 79.2 Å². The van der Waals surface area contributed by atoms with Crippen LogP contribution in [0.1, 0.15) is 21.3 Å². The number of hydrogen-bond acceptors (Lipinski definition) is 12. The molecule has 5 heterocycles. The van der Waals surface area contributed by atoms with Crippen molar-refractivity contribution < 1.29 is 24.3 Å². The number of rotatable bonds is 7. The van der Waals surface area contributed by atoms with Crippen molar-refractivity contribution in [2.24, 2.45) is 5.16 Å². The molecule has 12 nitrogen and oxygen atoms in total. The van der Waals surface area contributed by atoms with Crippen molar-refractivity contribution >= 4 is 69.1 Å². The van der Waals surface area contributed by atoms with E-state index in [-0.39, 0.29) is 22.2 Å². The van der Waals surface area contributed by atoms with Gasteiger partial charge in [-0.3, -0.25) is 14.5 Å². The smallest absolute Gasteiger partial charge is 0.352 e. The highest BCUT2D eigenvalue weighted by Gasteiger charge is 2.54. The number of aliphatic carboxylic acids is 1. The Bertz CT molecular complexity index is 1350. The van der Waals surface area contributed by atoms with Gasteiger partial charge in [0.15, 0.2) is 10.8 Å². The number of anilines is 1. The molecule has 0 spiro atoms. The number of carboxylic acids is 1. The van der Waals surface area contributed by atoms with Gasteiger partial charge in [0.25, 0.3) is 11.8 Å². The first-order chi connectivity index (χ1) is 17.3. The molecule has 1 unspecified atom stereocenters. The van der Waals surface area contributed by atoms with E-state index in [0.29, 0.717) is 24.4 Å². The van der Waals surface area contributed by atoms with E-state index in [2.05, 4.69) is 20.4 Å². The van der Waals surface area contributed by atoms with Crippen molar-refractivity contribution in [2.45, 2.75) is 24.9 Å². The average molecular weight is 548 g/mol. The molecule has 0 aliphatic carbocycles. The number of nitrogens with zero attached hydrogens (tertiary/aromatic N) is 5. The number of aryl methyl sites for hydroxylation is 1. The van der Waals surface area contributed by atoms with Gasteiger partial charge < -0.3 is 25.9 Å². The molecule has 1 saturated heterocycles. The molecule has 2 aromatic heterocycles. The average Bonchev–Trinajstić information content (AvgIpc) is 3.44. The van der Waals surface area contributed by atoms with Crippen molar-refractivity contribution in [2.75, 3.05) is 25.1 Å². The fourth-order valence-corrected chi connectivity index (χ4v) is 6.92. The lowest BCUT2D eigenvalue weighted by Gasteiger charge is -2.49. The molecule has 36 heavy (non-hydrogen) atoms. The Hall–Kier alpha value is -3.43. The fraction of sp³-hybridized carbons (Fsp3) is 0.333. The predicted octanol–water partition coefficient (Wildman–Crippen LogP) is 1.07. The van der Waals surface area contributed by atoms with Gasteiger partial charge in [0.05, 0.1) is 22.1 Å². The Morgan fingerprint density at radius 1 is 1.39 bits per heavy atom. The fourth-order valence-electron chi connectivity index (χ4n) is 4.21. The molecule has 2 atom stereocenters. The van der Waals surface area contributed by atoms with Gasteiger partial charge in [-0.05, 0) is 18.6 Å². The van der Waals surface area contributed by atoms with E-state index in [9.17, 15) is 19.5 Å². The first-order valence-corrected chi connectivity index (χ1v) is 13.4. The second-order valence-corrected chi connectivity index (χ2v) is 11.3.